The summed E-state index contributed by atoms with van der Waals surface area (Å²) in [5.41, 5.74) is 3.57. The highest BCUT2D eigenvalue weighted by atomic mass is 79.9. The van der Waals surface area contributed by atoms with Gasteiger partial charge in [0.15, 0.2) is 0 Å². The van der Waals surface area contributed by atoms with Crippen LogP contribution in [0.3, 0.4) is 0 Å². The van der Waals surface area contributed by atoms with Crippen molar-refractivity contribution in [2.45, 2.75) is 4.83 Å². The molecule has 0 aliphatic carbocycles. The number of benzene rings is 2. The number of rotatable bonds is 4. The zero-order valence-corrected chi connectivity index (χ0v) is 15.9. The fourth-order valence-electron chi connectivity index (χ4n) is 1.89. The summed E-state index contributed by atoms with van der Waals surface area (Å²) < 4.78 is 0. The largest absolute Gasteiger partial charge is 0.317 e. The molecule has 2 N–H and O–H groups in total. The van der Waals surface area contributed by atoms with Gasteiger partial charge in [-0.1, -0.05) is 40.2 Å². The van der Waals surface area contributed by atoms with Crippen molar-refractivity contribution in [1.29, 1.82) is 0 Å². The van der Waals surface area contributed by atoms with Gasteiger partial charge in [-0.2, -0.15) is 0 Å². The first kappa shape index (κ1) is 17.2. The van der Waals surface area contributed by atoms with Gasteiger partial charge in [0.1, 0.15) is 0 Å². The minimum Gasteiger partial charge on any atom is -0.317 e. The van der Waals surface area contributed by atoms with Crippen molar-refractivity contribution in [2.75, 3.05) is 10.6 Å². The van der Waals surface area contributed by atoms with Gasteiger partial charge in [0.2, 0.25) is 0 Å². The lowest BCUT2D eigenvalue weighted by Crippen LogP contribution is -2.01. The van der Waals surface area contributed by atoms with Gasteiger partial charge in [-0.05, 0) is 35.4 Å². The van der Waals surface area contributed by atoms with Crippen LogP contribution in [0.1, 0.15) is 16.0 Å². The molecule has 0 unspecified atom stereocenters. The van der Waals surface area contributed by atoms with Crippen molar-refractivity contribution in [3.63, 3.8) is 0 Å². The molecule has 0 aromatic heterocycles. The van der Waals surface area contributed by atoms with Gasteiger partial charge in [-0.3, -0.25) is 9.59 Å². The lowest BCUT2D eigenvalue weighted by atomic mass is 10.0. The van der Waals surface area contributed by atoms with Gasteiger partial charge in [0, 0.05) is 43.2 Å². The number of nitrogens with one attached hydrogen (secondary N) is 2. The summed E-state index contributed by atoms with van der Waals surface area (Å²) >= 11 is 9.30. The number of alkyl halides is 1. The summed E-state index contributed by atoms with van der Waals surface area (Å²) in [4.78, 5) is 21.3. The van der Waals surface area contributed by atoms with Crippen LogP contribution in [0, 0.1) is 0 Å². The second-order valence-corrected chi connectivity index (χ2v) is 6.76. The number of carbonyl (C=O) groups excluding carboxylic acids is 2. The van der Waals surface area contributed by atoms with Gasteiger partial charge in [-0.25, -0.2) is 0 Å². The zero-order chi connectivity index (χ0) is 16.1. The maximum atomic E-state index is 10.9. The molecule has 22 heavy (non-hydrogen) atoms. The van der Waals surface area contributed by atoms with Gasteiger partial charge < -0.3 is 10.6 Å². The average molecular weight is 491 g/mol. The third-order valence-electron chi connectivity index (χ3n) is 2.89. The molecule has 4 nitrogen and oxygen atoms in total. The summed E-state index contributed by atoms with van der Waals surface area (Å²) in [5.74, 6) is 0. The Morgan fingerprint density at radius 1 is 0.727 bits per heavy atom. The Bertz CT molecular complexity index is 613. The Labute approximate surface area is 153 Å². The van der Waals surface area contributed by atoms with E-state index in [9.17, 15) is 9.59 Å². The highest BCUT2D eigenvalue weighted by Gasteiger charge is 2.10. The van der Waals surface area contributed by atoms with Crippen LogP contribution < -0.4 is 10.6 Å². The number of hydrogen-bond donors (Lipinski definition) is 2. The predicted octanol–water partition coefficient (Wildman–Crippen LogP) is 6.02. The van der Waals surface area contributed by atoms with Crippen molar-refractivity contribution in [1.82, 2.24) is 0 Å². The lowest BCUT2D eigenvalue weighted by molar-refractivity contribution is 0.270. The fourth-order valence-corrected chi connectivity index (χ4v) is 2.96. The van der Waals surface area contributed by atoms with E-state index in [2.05, 4.69) is 58.4 Å². The molecule has 0 fully saturated rings. The summed E-state index contributed by atoms with van der Waals surface area (Å²) in [7, 11) is 0. The molecule has 0 heterocycles. The first-order chi connectivity index (χ1) is 10.5. The van der Waals surface area contributed by atoms with Gasteiger partial charge in [0.25, 0.3) is 9.63 Å². The molecule has 0 atom stereocenters. The van der Waals surface area contributed by atoms with Crippen molar-refractivity contribution in [3.8, 4) is 0 Å². The molecule has 0 spiro atoms. The standard InChI is InChI=1S/C15H11Br3N2O2/c16-13(9-1-5-11(6-2-9)19-14(17)21)10-3-7-12(8-4-10)20-15(18)22/h1-8,13H,(H,19,21)(H,20,22). The second-order valence-electron chi connectivity index (χ2n) is 4.40. The van der Waals surface area contributed by atoms with Gasteiger partial charge in [-0.15, -0.1) is 0 Å². The van der Waals surface area contributed by atoms with Crippen molar-refractivity contribution >= 4 is 68.8 Å². The third kappa shape index (κ3) is 4.93. The fraction of sp³-hybridized carbons (Fsp3) is 0.0667. The predicted molar refractivity (Wildman–Crippen MR) is 99.5 cm³/mol. The monoisotopic (exact) mass is 488 g/mol. The molecule has 0 bridgehead atoms. The lowest BCUT2D eigenvalue weighted by Gasteiger charge is -2.12. The topological polar surface area (TPSA) is 58.2 Å². The van der Waals surface area contributed by atoms with E-state index in [4.69, 9.17) is 0 Å². The Balaban J connectivity index is 2.11. The molecule has 7 heteroatoms. The molecule has 0 saturated heterocycles. The maximum absolute atomic E-state index is 10.9. The van der Waals surface area contributed by atoms with Crippen LogP contribution in [-0.2, 0) is 0 Å². The number of amides is 2. The van der Waals surface area contributed by atoms with E-state index in [1.165, 1.54) is 0 Å². The summed E-state index contributed by atoms with van der Waals surface area (Å²) in [6.07, 6.45) is 0. The van der Waals surface area contributed by atoms with Crippen LogP contribution in [0.2, 0.25) is 0 Å². The van der Waals surface area contributed by atoms with Crippen LogP contribution in [0.4, 0.5) is 21.0 Å². The molecule has 114 valence electrons. The van der Waals surface area contributed by atoms with Crippen LogP contribution in [0.5, 0.6) is 0 Å². The number of carbonyl (C=O) groups is 2. The average Bonchev–Trinajstić information content (AvgIpc) is 2.47. The SMILES string of the molecule is O=C(Br)Nc1ccc(C(Br)c2ccc(NC(=O)Br)cc2)cc1. The summed E-state index contributed by atoms with van der Waals surface area (Å²) in [6, 6.07) is 15.1. The normalized spacial score (nSPS) is 10.4. The van der Waals surface area contributed by atoms with E-state index in [1.807, 2.05) is 48.5 Å². The van der Waals surface area contributed by atoms with Gasteiger partial charge in [0.05, 0.1) is 4.83 Å². The van der Waals surface area contributed by atoms with E-state index < -0.39 is 0 Å². The van der Waals surface area contributed by atoms with Crippen LogP contribution in [-0.4, -0.2) is 9.63 Å². The van der Waals surface area contributed by atoms with Crippen molar-refractivity contribution in [3.05, 3.63) is 59.7 Å². The third-order valence-corrected chi connectivity index (χ3v) is 4.35. The van der Waals surface area contributed by atoms with Crippen molar-refractivity contribution < 1.29 is 9.59 Å². The Hall–Kier alpha value is -1.18. The number of anilines is 2. The summed E-state index contributed by atoms with van der Waals surface area (Å²) in [6.45, 7) is 0. The molecule has 2 amide bonds. The highest BCUT2D eigenvalue weighted by Crippen LogP contribution is 2.32. The molecule has 0 radical (unpaired) electrons. The van der Waals surface area contributed by atoms with Crippen LogP contribution in [0.25, 0.3) is 0 Å². The summed E-state index contributed by atoms with van der Waals surface area (Å²) in [5, 5.41) is 5.31. The molecular weight excluding hydrogens is 480 g/mol. The van der Waals surface area contributed by atoms with E-state index in [-0.39, 0.29) is 14.5 Å². The number of hydrogen-bond acceptors (Lipinski definition) is 2. The molecule has 2 rings (SSSR count). The maximum Gasteiger partial charge on any atom is 0.291 e. The zero-order valence-electron chi connectivity index (χ0n) is 11.1. The van der Waals surface area contributed by atoms with Crippen molar-refractivity contribution in [2.24, 2.45) is 0 Å². The van der Waals surface area contributed by atoms with Crippen LogP contribution in [0.15, 0.2) is 48.5 Å². The minimum absolute atomic E-state index is 0.0231. The molecule has 2 aromatic rings. The van der Waals surface area contributed by atoms with Gasteiger partial charge >= 0.3 is 0 Å². The Morgan fingerprint density at radius 2 is 1.05 bits per heavy atom. The quantitative estimate of drug-likeness (QED) is 0.312. The number of halogens is 3. The Morgan fingerprint density at radius 3 is 1.32 bits per heavy atom. The van der Waals surface area contributed by atoms with E-state index in [0.29, 0.717) is 0 Å². The van der Waals surface area contributed by atoms with E-state index in [0.717, 1.165) is 22.5 Å². The first-order valence-electron chi connectivity index (χ1n) is 6.22. The van der Waals surface area contributed by atoms with E-state index in [1.54, 1.807) is 0 Å². The molecule has 0 aliphatic heterocycles. The molecular formula is C15H11Br3N2O2. The second kappa shape index (κ2) is 7.89. The smallest absolute Gasteiger partial charge is 0.291 e. The first-order valence-corrected chi connectivity index (χ1v) is 8.73. The highest BCUT2D eigenvalue weighted by molar-refractivity contribution is 9.18. The molecule has 2 aromatic carbocycles. The van der Waals surface area contributed by atoms with Crippen LogP contribution >= 0.6 is 47.8 Å². The minimum atomic E-state index is -0.278. The molecule has 0 aliphatic rings. The van der Waals surface area contributed by atoms with E-state index >= 15 is 0 Å². The Kier molecular flexibility index (Phi) is 6.16. The molecule has 0 saturated carbocycles.